The monoisotopic (exact) mass is 237 g/mol. The van der Waals surface area contributed by atoms with Crippen LogP contribution in [0.25, 0.3) is 0 Å². The van der Waals surface area contributed by atoms with Crippen molar-refractivity contribution in [3.05, 3.63) is 47.6 Å². The predicted molar refractivity (Wildman–Crippen MR) is 57.9 cm³/mol. The van der Waals surface area contributed by atoms with E-state index in [1.165, 1.54) is 24.4 Å². The molecule has 0 aliphatic heterocycles. The molecule has 4 nitrogen and oxygen atoms in total. The van der Waals surface area contributed by atoms with E-state index in [9.17, 15) is 9.50 Å². The van der Waals surface area contributed by atoms with Gasteiger partial charge in [-0.1, -0.05) is 5.16 Å². The molecular formula is C12H12FNO3. The fourth-order valence-corrected chi connectivity index (χ4v) is 1.44. The third-order valence-corrected chi connectivity index (χ3v) is 2.29. The van der Waals surface area contributed by atoms with Gasteiger partial charge in [-0.05, 0) is 19.1 Å². The maximum Gasteiger partial charge on any atom is 0.174 e. The van der Waals surface area contributed by atoms with Crippen molar-refractivity contribution in [2.24, 2.45) is 0 Å². The van der Waals surface area contributed by atoms with Gasteiger partial charge in [0.1, 0.15) is 18.2 Å². The Bertz CT molecular complexity index is 483. The molecule has 0 fully saturated rings. The zero-order valence-corrected chi connectivity index (χ0v) is 9.26. The van der Waals surface area contributed by atoms with Crippen LogP contribution in [-0.2, 0) is 6.61 Å². The summed E-state index contributed by atoms with van der Waals surface area (Å²) in [5.41, 5.74) is 0.533. The first-order valence-electron chi connectivity index (χ1n) is 5.16. The van der Waals surface area contributed by atoms with Crippen LogP contribution in [0.1, 0.15) is 24.4 Å². The Morgan fingerprint density at radius 3 is 2.94 bits per heavy atom. The molecule has 1 atom stereocenters. The summed E-state index contributed by atoms with van der Waals surface area (Å²) < 4.78 is 23.3. The van der Waals surface area contributed by atoms with Gasteiger partial charge in [0.25, 0.3) is 0 Å². The number of rotatable bonds is 4. The summed E-state index contributed by atoms with van der Waals surface area (Å²) >= 11 is 0. The molecular weight excluding hydrogens is 225 g/mol. The van der Waals surface area contributed by atoms with Gasteiger partial charge in [0.05, 0.1) is 12.3 Å². The number of ether oxygens (including phenoxy) is 1. The van der Waals surface area contributed by atoms with Gasteiger partial charge in [-0.3, -0.25) is 0 Å². The van der Waals surface area contributed by atoms with Crippen LogP contribution in [0.15, 0.2) is 35.0 Å². The molecule has 0 radical (unpaired) electrons. The van der Waals surface area contributed by atoms with Gasteiger partial charge >= 0.3 is 0 Å². The molecule has 0 saturated carbocycles. The van der Waals surface area contributed by atoms with E-state index < -0.39 is 11.9 Å². The fraction of sp³-hybridized carbons (Fsp3) is 0.250. The standard InChI is InChI=1S/C12H12FNO3/c1-8(15)11-3-2-9(13)6-12(11)16-7-10-4-5-14-17-10/h2-6,8,15H,7H2,1H3/t8-/m1/s1. The molecule has 0 saturated heterocycles. The summed E-state index contributed by atoms with van der Waals surface area (Å²) in [7, 11) is 0. The van der Waals surface area contributed by atoms with Crippen LogP contribution in [0, 0.1) is 5.82 Å². The highest BCUT2D eigenvalue weighted by atomic mass is 19.1. The lowest BCUT2D eigenvalue weighted by Gasteiger charge is -2.12. The Kier molecular flexibility index (Phi) is 3.39. The third kappa shape index (κ3) is 2.82. The molecule has 0 bridgehead atoms. The van der Waals surface area contributed by atoms with E-state index in [4.69, 9.17) is 9.26 Å². The second-order valence-electron chi connectivity index (χ2n) is 3.63. The minimum Gasteiger partial charge on any atom is -0.485 e. The van der Waals surface area contributed by atoms with Crippen molar-refractivity contribution in [3.63, 3.8) is 0 Å². The van der Waals surface area contributed by atoms with E-state index in [1.807, 2.05) is 0 Å². The molecule has 0 aliphatic rings. The summed E-state index contributed by atoms with van der Waals surface area (Å²) in [6.07, 6.45) is 0.778. The SMILES string of the molecule is C[C@@H](O)c1ccc(F)cc1OCc1ccno1. The summed E-state index contributed by atoms with van der Waals surface area (Å²) in [6.45, 7) is 1.73. The molecule has 1 N–H and O–H groups in total. The molecule has 0 amide bonds. The van der Waals surface area contributed by atoms with Crippen molar-refractivity contribution in [1.82, 2.24) is 5.16 Å². The van der Waals surface area contributed by atoms with Gasteiger partial charge in [-0.25, -0.2) is 4.39 Å². The largest absolute Gasteiger partial charge is 0.485 e. The molecule has 1 heterocycles. The van der Waals surface area contributed by atoms with Crippen LogP contribution in [0.5, 0.6) is 5.75 Å². The van der Waals surface area contributed by atoms with Crippen LogP contribution in [0.4, 0.5) is 4.39 Å². The number of halogens is 1. The number of aromatic nitrogens is 1. The zero-order chi connectivity index (χ0) is 12.3. The summed E-state index contributed by atoms with van der Waals surface area (Å²) in [6, 6.07) is 5.67. The lowest BCUT2D eigenvalue weighted by molar-refractivity contribution is 0.186. The van der Waals surface area contributed by atoms with Crippen LogP contribution < -0.4 is 4.74 Å². The second kappa shape index (κ2) is 4.97. The van der Waals surface area contributed by atoms with Crippen molar-refractivity contribution in [3.8, 4) is 5.75 Å². The van der Waals surface area contributed by atoms with Gasteiger partial charge in [0.2, 0.25) is 0 Å². The number of nitrogens with zero attached hydrogens (tertiary/aromatic N) is 1. The van der Waals surface area contributed by atoms with E-state index in [1.54, 1.807) is 13.0 Å². The van der Waals surface area contributed by atoms with E-state index >= 15 is 0 Å². The van der Waals surface area contributed by atoms with Gasteiger partial charge < -0.3 is 14.4 Å². The van der Waals surface area contributed by atoms with Crippen molar-refractivity contribution in [1.29, 1.82) is 0 Å². The minimum absolute atomic E-state index is 0.142. The van der Waals surface area contributed by atoms with Gasteiger partial charge in [0, 0.05) is 17.7 Å². The van der Waals surface area contributed by atoms with Gasteiger partial charge in [-0.2, -0.15) is 0 Å². The Hall–Kier alpha value is -1.88. The van der Waals surface area contributed by atoms with E-state index in [0.717, 1.165) is 0 Å². The molecule has 17 heavy (non-hydrogen) atoms. The summed E-state index contributed by atoms with van der Waals surface area (Å²) in [5.74, 6) is 0.421. The Labute approximate surface area is 97.6 Å². The zero-order valence-electron chi connectivity index (χ0n) is 9.26. The van der Waals surface area contributed by atoms with E-state index in [2.05, 4.69) is 5.16 Å². The van der Waals surface area contributed by atoms with Crippen molar-refractivity contribution >= 4 is 0 Å². The first-order valence-corrected chi connectivity index (χ1v) is 5.16. The number of benzene rings is 1. The smallest absolute Gasteiger partial charge is 0.174 e. The molecule has 1 aromatic carbocycles. The highest BCUT2D eigenvalue weighted by Crippen LogP contribution is 2.26. The van der Waals surface area contributed by atoms with E-state index in [-0.39, 0.29) is 6.61 Å². The van der Waals surface area contributed by atoms with Crippen LogP contribution in [-0.4, -0.2) is 10.3 Å². The lowest BCUT2D eigenvalue weighted by Crippen LogP contribution is -2.01. The second-order valence-corrected chi connectivity index (χ2v) is 3.63. The Morgan fingerprint density at radius 2 is 2.29 bits per heavy atom. The lowest BCUT2D eigenvalue weighted by atomic mass is 10.1. The quantitative estimate of drug-likeness (QED) is 0.887. The average Bonchev–Trinajstić information content (AvgIpc) is 2.78. The molecule has 0 spiro atoms. The molecule has 1 aromatic heterocycles. The predicted octanol–water partition coefficient (Wildman–Crippen LogP) is 2.45. The number of hydrogen-bond donors (Lipinski definition) is 1. The third-order valence-electron chi connectivity index (χ3n) is 2.29. The Balaban J connectivity index is 2.16. The molecule has 5 heteroatoms. The molecule has 0 aliphatic carbocycles. The van der Waals surface area contributed by atoms with Gasteiger partial charge in [-0.15, -0.1) is 0 Å². The maximum atomic E-state index is 13.1. The highest BCUT2D eigenvalue weighted by molar-refractivity contribution is 5.35. The van der Waals surface area contributed by atoms with Gasteiger partial charge in [0.15, 0.2) is 5.76 Å². The normalized spacial score (nSPS) is 12.4. The maximum absolute atomic E-state index is 13.1. The minimum atomic E-state index is -0.722. The van der Waals surface area contributed by atoms with E-state index in [0.29, 0.717) is 17.1 Å². The molecule has 0 unspecified atom stereocenters. The van der Waals surface area contributed by atoms with Crippen LogP contribution >= 0.6 is 0 Å². The number of aliphatic hydroxyl groups is 1. The average molecular weight is 237 g/mol. The molecule has 2 rings (SSSR count). The first kappa shape index (κ1) is 11.6. The summed E-state index contributed by atoms with van der Waals surface area (Å²) in [5, 5.41) is 13.0. The highest BCUT2D eigenvalue weighted by Gasteiger charge is 2.11. The van der Waals surface area contributed by atoms with Crippen LogP contribution in [0.3, 0.4) is 0 Å². The van der Waals surface area contributed by atoms with Crippen LogP contribution in [0.2, 0.25) is 0 Å². The first-order chi connectivity index (χ1) is 8.16. The molecule has 90 valence electrons. The van der Waals surface area contributed by atoms with Crippen molar-refractivity contribution < 1.29 is 18.8 Å². The fourth-order valence-electron chi connectivity index (χ4n) is 1.44. The topological polar surface area (TPSA) is 55.5 Å². The summed E-state index contributed by atoms with van der Waals surface area (Å²) in [4.78, 5) is 0. The molecule has 2 aromatic rings. The number of aliphatic hydroxyl groups excluding tert-OH is 1. The van der Waals surface area contributed by atoms with Crippen molar-refractivity contribution in [2.75, 3.05) is 0 Å². The Morgan fingerprint density at radius 1 is 1.47 bits per heavy atom. The van der Waals surface area contributed by atoms with Crippen molar-refractivity contribution in [2.45, 2.75) is 19.6 Å². The number of hydrogen-bond acceptors (Lipinski definition) is 4.